The van der Waals surface area contributed by atoms with E-state index in [1.807, 2.05) is 19.1 Å². The molecule has 0 aliphatic carbocycles. The third kappa shape index (κ3) is 5.97. The minimum atomic E-state index is -3.72. The van der Waals surface area contributed by atoms with Crippen LogP contribution in [-0.4, -0.2) is 20.9 Å². The van der Waals surface area contributed by atoms with E-state index >= 15 is 0 Å². The molecule has 0 aliphatic heterocycles. The molecule has 6 nitrogen and oxygen atoms in total. The van der Waals surface area contributed by atoms with Crippen molar-refractivity contribution < 1.29 is 17.9 Å². The van der Waals surface area contributed by atoms with Crippen molar-refractivity contribution in [1.29, 1.82) is 0 Å². The number of benzene rings is 3. The number of nitrogens with one attached hydrogen (secondary N) is 2. The van der Waals surface area contributed by atoms with Crippen LogP contribution < -0.4 is 14.8 Å². The number of anilines is 2. The van der Waals surface area contributed by atoms with Crippen LogP contribution in [0.3, 0.4) is 0 Å². The summed E-state index contributed by atoms with van der Waals surface area (Å²) in [7, 11) is -3.72. The molecule has 0 spiro atoms. The first-order chi connectivity index (χ1) is 13.8. The van der Waals surface area contributed by atoms with E-state index in [2.05, 4.69) is 10.0 Å². The first-order valence-electron chi connectivity index (χ1n) is 8.70. The van der Waals surface area contributed by atoms with Crippen LogP contribution in [0, 0.1) is 6.92 Å². The Kier molecular flexibility index (Phi) is 6.41. The van der Waals surface area contributed by atoms with Crippen LogP contribution in [0.25, 0.3) is 0 Å². The number of ether oxygens (including phenoxy) is 1. The van der Waals surface area contributed by atoms with Gasteiger partial charge in [-0.25, -0.2) is 8.42 Å². The number of rotatable bonds is 7. The highest BCUT2D eigenvalue weighted by Crippen LogP contribution is 2.19. The van der Waals surface area contributed by atoms with Gasteiger partial charge in [0.25, 0.3) is 15.9 Å². The van der Waals surface area contributed by atoms with Crippen LogP contribution in [0.2, 0.25) is 5.02 Å². The van der Waals surface area contributed by atoms with Crippen molar-refractivity contribution in [2.24, 2.45) is 0 Å². The molecule has 0 atom stereocenters. The van der Waals surface area contributed by atoms with E-state index in [-0.39, 0.29) is 17.4 Å². The van der Waals surface area contributed by atoms with Gasteiger partial charge in [-0.2, -0.15) is 0 Å². The molecule has 1 amide bonds. The van der Waals surface area contributed by atoms with Crippen molar-refractivity contribution in [1.82, 2.24) is 0 Å². The third-order valence-electron chi connectivity index (χ3n) is 3.92. The molecule has 0 fully saturated rings. The first-order valence-corrected chi connectivity index (χ1v) is 10.6. The Labute approximate surface area is 174 Å². The predicted molar refractivity (Wildman–Crippen MR) is 114 cm³/mol. The summed E-state index contributed by atoms with van der Waals surface area (Å²) in [5, 5.41) is 3.16. The van der Waals surface area contributed by atoms with Crippen LogP contribution >= 0.6 is 11.6 Å². The molecule has 29 heavy (non-hydrogen) atoms. The van der Waals surface area contributed by atoms with Crippen molar-refractivity contribution in [3.8, 4) is 5.75 Å². The summed E-state index contributed by atoms with van der Waals surface area (Å²) >= 11 is 5.86. The molecule has 3 aromatic carbocycles. The van der Waals surface area contributed by atoms with Gasteiger partial charge in [0.05, 0.1) is 4.90 Å². The standard InChI is InChI=1S/C21H19ClN2O4S/c1-15-5-7-18(8-6-15)24-29(26,27)20-11-9-17(10-12-20)23-21(25)14-28-19-4-2-3-16(22)13-19/h2-13,24H,14H2,1H3,(H,23,25). The molecule has 8 heteroatoms. The average Bonchev–Trinajstić information content (AvgIpc) is 2.69. The average molecular weight is 431 g/mol. The number of sulfonamides is 1. The van der Waals surface area contributed by atoms with Crippen LogP contribution in [0.15, 0.2) is 77.7 Å². The molecule has 0 saturated carbocycles. The zero-order chi connectivity index (χ0) is 20.9. The number of carbonyl (C=O) groups excluding carboxylic acids is 1. The predicted octanol–water partition coefficient (Wildman–Crippen LogP) is 4.47. The van der Waals surface area contributed by atoms with Crippen molar-refractivity contribution in [3.05, 3.63) is 83.4 Å². The van der Waals surface area contributed by atoms with Gasteiger partial charge >= 0.3 is 0 Å². The SMILES string of the molecule is Cc1ccc(NS(=O)(=O)c2ccc(NC(=O)COc3cccc(Cl)c3)cc2)cc1. The molecule has 0 saturated heterocycles. The van der Waals surface area contributed by atoms with Crippen molar-refractivity contribution in [2.45, 2.75) is 11.8 Å². The highest BCUT2D eigenvalue weighted by molar-refractivity contribution is 7.92. The Bertz CT molecular complexity index is 1100. The van der Waals surface area contributed by atoms with Crippen molar-refractivity contribution >= 4 is 38.9 Å². The molecule has 0 radical (unpaired) electrons. The van der Waals surface area contributed by atoms with Gasteiger partial charge in [-0.05, 0) is 61.5 Å². The smallest absolute Gasteiger partial charge is 0.262 e. The van der Waals surface area contributed by atoms with Crippen molar-refractivity contribution in [2.75, 3.05) is 16.6 Å². The van der Waals surface area contributed by atoms with Gasteiger partial charge in [-0.3, -0.25) is 9.52 Å². The molecule has 0 aromatic heterocycles. The zero-order valence-electron chi connectivity index (χ0n) is 15.6. The molecule has 0 heterocycles. The van der Waals surface area contributed by atoms with E-state index in [4.69, 9.17) is 16.3 Å². The summed E-state index contributed by atoms with van der Waals surface area (Å²) in [6, 6.07) is 19.6. The minimum Gasteiger partial charge on any atom is -0.484 e. The molecule has 0 bridgehead atoms. The Morgan fingerprint density at radius 3 is 2.28 bits per heavy atom. The third-order valence-corrected chi connectivity index (χ3v) is 5.55. The fourth-order valence-electron chi connectivity index (χ4n) is 2.46. The normalized spacial score (nSPS) is 11.0. The van der Waals surface area contributed by atoms with E-state index in [0.29, 0.717) is 22.1 Å². The number of carbonyl (C=O) groups is 1. The Balaban J connectivity index is 1.58. The lowest BCUT2D eigenvalue weighted by molar-refractivity contribution is -0.118. The summed E-state index contributed by atoms with van der Waals surface area (Å²) in [5.74, 6) is 0.106. The second-order valence-electron chi connectivity index (χ2n) is 6.29. The molecule has 150 valence electrons. The number of hydrogen-bond donors (Lipinski definition) is 2. The summed E-state index contributed by atoms with van der Waals surface area (Å²) in [6.07, 6.45) is 0. The van der Waals surface area contributed by atoms with Gasteiger partial charge < -0.3 is 10.1 Å². The maximum atomic E-state index is 12.5. The number of amides is 1. The molecule has 0 unspecified atom stereocenters. The lowest BCUT2D eigenvalue weighted by Gasteiger charge is -2.10. The largest absolute Gasteiger partial charge is 0.484 e. The van der Waals surface area contributed by atoms with Crippen LogP contribution in [0.4, 0.5) is 11.4 Å². The van der Waals surface area contributed by atoms with Crippen LogP contribution in [0.1, 0.15) is 5.56 Å². The van der Waals surface area contributed by atoms with Gasteiger partial charge in [0.2, 0.25) is 0 Å². The molecule has 2 N–H and O–H groups in total. The lowest BCUT2D eigenvalue weighted by Crippen LogP contribution is -2.20. The van der Waals surface area contributed by atoms with Crippen molar-refractivity contribution in [3.63, 3.8) is 0 Å². The Morgan fingerprint density at radius 1 is 0.966 bits per heavy atom. The van der Waals surface area contributed by atoms with Crippen LogP contribution in [0.5, 0.6) is 5.75 Å². The fourth-order valence-corrected chi connectivity index (χ4v) is 3.69. The molecular formula is C21H19ClN2O4S. The summed E-state index contributed by atoms with van der Waals surface area (Å²) < 4.78 is 32.8. The maximum Gasteiger partial charge on any atom is 0.262 e. The van der Waals surface area contributed by atoms with Gasteiger partial charge in [-0.1, -0.05) is 35.4 Å². The highest BCUT2D eigenvalue weighted by Gasteiger charge is 2.14. The second-order valence-corrected chi connectivity index (χ2v) is 8.41. The number of hydrogen-bond acceptors (Lipinski definition) is 4. The second kappa shape index (κ2) is 8.98. The van der Waals surface area contributed by atoms with E-state index in [9.17, 15) is 13.2 Å². The highest BCUT2D eigenvalue weighted by atomic mass is 35.5. The van der Waals surface area contributed by atoms with Gasteiger partial charge in [-0.15, -0.1) is 0 Å². The number of halogens is 1. The molecule has 0 aliphatic rings. The lowest BCUT2D eigenvalue weighted by atomic mass is 10.2. The van der Waals surface area contributed by atoms with E-state index < -0.39 is 10.0 Å². The first kappa shape index (κ1) is 20.7. The summed E-state index contributed by atoms with van der Waals surface area (Å²) in [6.45, 7) is 1.72. The maximum absolute atomic E-state index is 12.5. The monoisotopic (exact) mass is 430 g/mol. The van der Waals surface area contributed by atoms with Gasteiger partial charge in [0.15, 0.2) is 6.61 Å². The van der Waals surface area contributed by atoms with Gasteiger partial charge in [0.1, 0.15) is 5.75 Å². The minimum absolute atomic E-state index is 0.0891. The Hall–Kier alpha value is -3.03. The molecule has 3 aromatic rings. The van der Waals surface area contributed by atoms with E-state index in [0.717, 1.165) is 5.56 Å². The quantitative estimate of drug-likeness (QED) is 0.579. The summed E-state index contributed by atoms with van der Waals surface area (Å²) in [4.78, 5) is 12.1. The van der Waals surface area contributed by atoms with E-state index in [1.165, 1.54) is 24.3 Å². The fraction of sp³-hybridized carbons (Fsp3) is 0.0952. The molecular weight excluding hydrogens is 412 g/mol. The van der Waals surface area contributed by atoms with E-state index in [1.54, 1.807) is 36.4 Å². The molecule has 3 rings (SSSR count). The number of aryl methyl sites for hydroxylation is 1. The van der Waals surface area contributed by atoms with Gasteiger partial charge in [0, 0.05) is 16.4 Å². The Morgan fingerprint density at radius 2 is 1.62 bits per heavy atom. The topological polar surface area (TPSA) is 84.5 Å². The zero-order valence-corrected chi connectivity index (χ0v) is 17.1. The summed E-state index contributed by atoms with van der Waals surface area (Å²) in [5.41, 5.74) is 1.97. The van der Waals surface area contributed by atoms with Crippen LogP contribution in [-0.2, 0) is 14.8 Å².